The van der Waals surface area contributed by atoms with Crippen LogP contribution in [0.2, 0.25) is 0 Å². The third-order valence-electron chi connectivity index (χ3n) is 2.42. The van der Waals surface area contributed by atoms with E-state index in [1.54, 1.807) is 6.07 Å². The summed E-state index contributed by atoms with van der Waals surface area (Å²) in [6, 6.07) is 6.69. The first-order valence-electron chi connectivity index (χ1n) is 5.21. The van der Waals surface area contributed by atoms with Crippen molar-refractivity contribution < 1.29 is 4.92 Å². The lowest BCUT2D eigenvalue weighted by Crippen LogP contribution is -2.01. The number of nitriles is 2. The second-order valence-corrected chi connectivity index (χ2v) is 3.59. The highest BCUT2D eigenvalue weighted by Gasteiger charge is 2.18. The van der Waals surface area contributed by atoms with E-state index >= 15 is 0 Å². The van der Waals surface area contributed by atoms with E-state index in [2.05, 4.69) is 0 Å². The molecule has 0 fully saturated rings. The first-order valence-corrected chi connectivity index (χ1v) is 5.21. The zero-order chi connectivity index (χ0) is 12.8. The molecule has 17 heavy (non-hydrogen) atoms. The van der Waals surface area contributed by atoms with Crippen molar-refractivity contribution in [3.05, 3.63) is 38.9 Å². The predicted octanol–water partition coefficient (Wildman–Crippen LogP) is 2.49. The van der Waals surface area contributed by atoms with E-state index < -0.39 is 4.92 Å². The number of nitro groups is 1. The number of hydrogen-bond donors (Lipinski definition) is 0. The van der Waals surface area contributed by atoms with Crippen LogP contribution in [0.5, 0.6) is 0 Å². The topological polar surface area (TPSA) is 90.7 Å². The smallest absolute Gasteiger partial charge is 0.258 e. The number of aryl methyl sites for hydroxylation is 1. The molecule has 0 radical (unpaired) electrons. The van der Waals surface area contributed by atoms with Crippen LogP contribution in [0.4, 0.5) is 5.69 Å². The van der Waals surface area contributed by atoms with E-state index in [4.69, 9.17) is 10.5 Å². The molecule has 0 unspecified atom stereocenters. The van der Waals surface area contributed by atoms with E-state index in [1.807, 2.05) is 19.1 Å². The van der Waals surface area contributed by atoms with Crippen molar-refractivity contribution in [1.29, 1.82) is 10.5 Å². The molecule has 86 valence electrons. The van der Waals surface area contributed by atoms with Crippen LogP contribution in [0.1, 0.15) is 30.0 Å². The van der Waals surface area contributed by atoms with Crippen molar-refractivity contribution in [1.82, 2.24) is 0 Å². The molecule has 0 aromatic heterocycles. The lowest BCUT2D eigenvalue weighted by Gasteiger charge is -2.07. The number of hydrogen-bond acceptors (Lipinski definition) is 4. The molecule has 5 nitrogen and oxygen atoms in total. The Labute approximate surface area is 99.1 Å². The Kier molecular flexibility index (Phi) is 4.19. The van der Waals surface area contributed by atoms with E-state index in [0.717, 1.165) is 12.0 Å². The maximum absolute atomic E-state index is 10.9. The van der Waals surface area contributed by atoms with Gasteiger partial charge in [0.2, 0.25) is 0 Å². The van der Waals surface area contributed by atoms with E-state index in [1.165, 1.54) is 6.07 Å². The molecule has 0 saturated heterocycles. The molecule has 0 spiro atoms. The van der Waals surface area contributed by atoms with Gasteiger partial charge < -0.3 is 0 Å². The van der Waals surface area contributed by atoms with Gasteiger partial charge in [0.1, 0.15) is 0 Å². The van der Waals surface area contributed by atoms with Crippen LogP contribution in [0.15, 0.2) is 12.1 Å². The van der Waals surface area contributed by atoms with Gasteiger partial charge in [0.25, 0.3) is 5.69 Å². The zero-order valence-electron chi connectivity index (χ0n) is 9.43. The third-order valence-corrected chi connectivity index (χ3v) is 2.42. The number of benzene rings is 1. The highest BCUT2D eigenvalue weighted by Crippen LogP contribution is 2.26. The summed E-state index contributed by atoms with van der Waals surface area (Å²) >= 11 is 0. The monoisotopic (exact) mass is 229 g/mol. The Morgan fingerprint density at radius 2 is 2.12 bits per heavy atom. The van der Waals surface area contributed by atoms with Gasteiger partial charge in [0, 0.05) is 11.6 Å². The Bertz CT molecular complexity index is 524. The third kappa shape index (κ3) is 2.79. The molecule has 1 aromatic carbocycles. The molecular weight excluding hydrogens is 218 g/mol. The van der Waals surface area contributed by atoms with E-state index in [9.17, 15) is 10.1 Å². The Hall–Kier alpha value is -2.40. The van der Waals surface area contributed by atoms with Crippen LogP contribution in [0, 0.1) is 32.8 Å². The number of rotatable bonds is 4. The minimum atomic E-state index is -0.535. The molecular formula is C12H11N3O2. The van der Waals surface area contributed by atoms with Gasteiger partial charge in [-0.15, -0.1) is 0 Å². The van der Waals surface area contributed by atoms with Crippen LogP contribution < -0.4 is 0 Å². The summed E-state index contributed by atoms with van der Waals surface area (Å²) in [4.78, 5) is 10.4. The normalized spacial score (nSPS) is 9.35. The lowest BCUT2D eigenvalue weighted by molar-refractivity contribution is -0.385. The summed E-state index contributed by atoms with van der Waals surface area (Å²) < 4.78 is 0. The van der Waals surface area contributed by atoms with Crippen LogP contribution in [-0.2, 0) is 12.8 Å². The van der Waals surface area contributed by atoms with Crippen LogP contribution in [0.3, 0.4) is 0 Å². The van der Waals surface area contributed by atoms with Gasteiger partial charge in [-0.05, 0) is 18.1 Å². The molecule has 0 bridgehead atoms. The molecule has 0 N–H and O–H groups in total. The van der Waals surface area contributed by atoms with Crippen LogP contribution in [0.25, 0.3) is 0 Å². The molecule has 0 heterocycles. The highest BCUT2D eigenvalue weighted by atomic mass is 16.6. The molecule has 1 rings (SSSR count). The van der Waals surface area contributed by atoms with E-state index in [0.29, 0.717) is 12.0 Å². The van der Waals surface area contributed by atoms with E-state index in [-0.39, 0.29) is 17.7 Å². The van der Waals surface area contributed by atoms with Gasteiger partial charge in [0.15, 0.2) is 0 Å². The molecule has 0 aliphatic rings. The summed E-state index contributed by atoms with van der Waals surface area (Å²) in [5.74, 6) is 0. The summed E-state index contributed by atoms with van der Waals surface area (Å²) in [6.45, 7) is 1.95. The minimum Gasteiger partial charge on any atom is -0.258 e. The Morgan fingerprint density at radius 3 is 2.59 bits per heavy atom. The molecule has 5 heteroatoms. The second kappa shape index (κ2) is 5.62. The first-order chi connectivity index (χ1) is 8.13. The van der Waals surface area contributed by atoms with Crippen LogP contribution >= 0.6 is 0 Å². The fraction of sp³-hybridized carbons (Fsp3) is 0.333. The predicted molar refractivity (Wildman–Crippen MR) is 61.1 cm³/mol. The van der Waals surface area contributed by atoms with Crippen molar-refractivity contribution in [2.75, 3.05) is 0 Å². The maximum Gasteiger partial charge on any atom is 0.275 e. The fourth-order valence-corrected chi connectivity index (χ4v) is 1.72. The lowest BCUT2D eigenvalue weighted by atomic mass is 9.97. The second-order valence-electron chi connectivity index (χ2n) is 3.59. The molecule has 0 atom stereocenters. The van der Waals surface area contributed by atoms with Crippen molar-refractivity contribution in [2.24, 2.45) is 0 Å². The van der Waals surface area contributed by atoms with Gasteiger partial charge in [-0.25, -0.2) is 0 Å². The molecule has 0 saturated carbocycles. The maximum atomic E-state index is 10.9. The quantitative estimate of drug-likeness (QED) is 0.585. The first kappa shape index (κ1) is 12.7. The van der Waals surface area contributed by atoms with Gasteiger partial charge in [-0.1, -0.05) is 13.3 Å². The summed E-state index contributed by atoms with van der Waals surface area (Å²) in [7, 11) is 0. The average Bonchev–Trinajstić information content (AvgIpc) is 2.31. The van der Waals surface area contributed by atoms with Gasteiger partial charge >= 0.3 is 0 Å². The summed E-state index contributed by atoms with van der Waals surface area (Å²) in [5.41, 5.74) is 1.29. The Morgan fingerprint density at radius 1 is 1.41 bits per heavy atom. The summed E-state index contributed by atoms with van der Waals surface area (Å²) in [6.07, 6.45) is 1.44. The molecule has 0 aliphatic carbocycles. The SMILES string of the molecule is CCCc1cc(C#N)cc([N+](=O)[O-])c1CC#N. The van der Waals surface area contributed by atoms with Crippen molar-refractivity contribution in [3.63, 3.8) is 0 Å². The molecule has 1 aromatic rings. The zero-order valence-corrected chi connectivity index (χ0v) is 9.43. The molecule has 0 aliphatic heterocycles. The highest BCUT2D eigenvalue weighted by molar-refractivity contribution is 5.53. The average molecular weight is 229 g/mol. The van der Waals surface area contributed by atoms with Crippen molar-refractivity contribution in [2.45, 2.75) is 26.2 Å². The van der Waals surface area contributed by atoms with Crippen molar-refractivity contribution in [3.8, 4) is 12.1 Å². The number of nitro benzene ring substituents is 1. The van der Waals surface area contributed by atoms with Crippen LogP contribution in [-0.4, -0.2) is 4.92 Å². The fourth-order valence-electron chi connectivity index (χ4n) is 1.72. The van der Waals surface area contributed by atoms with Gasteiger partial charge in [-0.3, -0.25) is 10.1 Å². The van der Waals surface area contributed by atoms with Gasteiger partial charge in [-0.2, -0.15) is 10.5 Å². The molecule has 0 amide bonds. The largest absolute Gasteiger partial charge is 0.275 e. The Balaban J connectivity index is 3.45. The number of nitrogens with zero attached hydrogens (tertiary/aromatic N) is 3. The van der Waals surface area contributed by atoms with Crippen molar-refractivity contribution >= 4 is 5.69 Å². The summed E-state index contributed by atoms with van der Waals surface area (Å²) in [5, 5.41) is 28.4. The standard InChI is InChI=1S/C12H11N3O2/c1-2-3-10-6-9(8-14)7-12(15(16)17)11(10)4-5-13/h6-7H,2-4H2,1H3. The minimum absolute atomic E-state index is 0.00262. The van der Waals surface area contributed by atoms with Gasteiger partial charge in [0.05, 0.1) is 29.0 Å².